The molecule has 0 spiro atoms. The Kier molecular flexibility index (Phi) is 6.29. The molecular weight excluding hydrogens is 483 g/mol. The molecule has 1 aromatic heterocycles. The van der Waals surface area contributed by atoms with E-state index in [4.69, 9.17) is 38.9 Å². The fourth-order valence-electron chi connectivity index (χ4n) is 4.23. The van der Waals surface area contributed by atoms with Gasteiger partial charge in [0, 0.05) is 56.3 Å². The van der Waals surface area contributed by atoms with Crippen molar-refractivity contribution < 1.29 is 4.79 Å². The number of para-hydroxylation sites is 1. The molecule has 3 heterocycles. The van der Waals surface area contributed by atoms with Gasteiger partial charge in [-0.1, -0.05) is 29.3 Å². The van der Waals surface area contributed by atoms with E-state index in [0.29, 0.717) is 5.95 Å². The van der Waals surface area contributed by atoms with Crippen molar-refractivity contribution >= 4 is 73.6 Å². The van der Waals surface area contributed by atoms with Crippen LogP contribution in [0.4, 0.5) is 28.8 Å². The number of hydrogen-bond acceptors (Lipinski definition) is 7. The van der Waals surface area contributed by atoms with Crippen molar-refractivity contribution in [3.8, 4) is 0 Å². The molecule has 8 nitrogen and oxygen atoms in total. The molecule has 2 N–H and O–H groups in total. The van der Waals surface area contributed by atoms with Gasteiger partial charge in [-0.25, -0.2) is 4.98 Å². The van der Waals surface area contributed by atoms with Crippen molar-refractivity contribution in [3.63, 3.8) is 0 Å². The lowest BCUT2D eigenvalue weighted by Gasteiger charge is -2.51. The maximum atomic E-state index is 13.5. The van der Waals surface area contributed by atoms with Gasteiger partial charge in [0.25, 0.3) is 5.91 Å². The van der Waals surface area contributed by atoms with Gasteiger partial charge >= 0.3 is 0 Å². The van der Waals surface area contributed by atoms with Crippen molar-refractivity contribution in [2.45, 2.75) is 5.46 Å². The second kappa shape index (κ2) is 9.26. The molecule has 0 aliphatic carbocycles. The summed E-state index contributed by atoms with van der Waals surface area (Å²) in [6.45, 7) is 3.88. The van der Waals surface area contributed by atoms with Crippen LogP contribution in [0.25, 0.3) is 0 Å². The van der Waals surface area contributed by atoms with Crippen LogP contribution in [-0.4, -0.2) is 70.3 Å². The first-order valence-corrected chi connectivity index (χ1v) is 11.8. The fourth-order valence-corrected chi connectivity index (χ4v) is 4.80. The van der Waals surface area contributed by atoms with Crippen LogP contribution in [0.5, 0.6) is 0 Å². The predicted molar refractivity (Wildman–Crippen MR) is 143 cm³/mol. The molecule has 1 amide bonds. The maximum absolute atomic E-state index is 13.5. The van der Waals surface area contributed by atoms with Gasteiger partial charge < -0.3 is 20.4 Å². The van der Waals surface area contributed by atoms with Gasteiger partial charge in [-0.2, -0.15) is 4.98 Å². The molecule has 0 saturated carbocycles. The summed E-state index contributed by atoms with van der Waals surface area (Å²) in [5.74, 6) is 0.0812. The van der Waals surface area contributed by atoms with Gasteiger partial charge in [0.1, 0.15) is 27.1 Å². The monoisotopic (exact) mass is 503 g/mol. The summed E-state index contributed by atoms with van der Waals surface area (Å²) in [6, 6.07) is 12.9. The van der Waals surface area contributed by atoms with Crippen LogP contribution in [0.2, 0.25) is 10.0 Å². The van der Waals surface area contributed by atoms with E-state index in [1.165, 1.54) is 11.1 Å². The number of aromatic nitrogens is 2. The Morgan fingerprint density at radius 3 is 2.37 bits per heavy atom. The van der Waals surface area contributed by atoms with Crippen molar-refractivity contribution in [2.24, 2.45) is 0 Å². The molecule has 0 atom stereocenters. The Bertz CT molecular complexity index is 1250. The van der Waals surface area contributed by atoms with E-state index >= 15 is 0 Å². The Morgan fingerprint density at radius 1 is 1.06 bits per heavy atom. The molecule has 2 aromatic carbocycles. The van der Waals surface area contributed by atoms with Gasteiger partial charge in [-0.15, -0.1) is 0 Å². The van der Waals surface area contributed by atoms with Crippen LogP contribution in [0.1, 0.15) is 10.4 Å². The van der Waals surface area contributed by atoms with Crippen molar-refractivity contribution in [3.05, 3.63) is 64.3 Å². The largest absolute Gasteiger partial charge is 0.369 e. The molecule has 1 fully saturated rings. The topological polar surface area (TPSA) is 76.6 Å². The minimum atomic E-state index is -1.78. The van der Waals surface area contributed by atoms with Crippen LogP contribution in [0, 0.1) is 0 Å². The number of halogens is 2. The number of carbonyl (C=O) groups excluding carboxylic acids is 1. The SMILES string of the molecule is [B]C1([B])N(C)c2nc(Nc3ccc(N4CCNCC4)cc3)ncc2C(=O)N1c1c(Cl)cccc1Cl. The fraction of sp³-hybridized carbons (Fsp3) is 0.261. The Hall–Kier alpha value is -2.94. The highest BCUT2D eigenvalue weighted by atomic mass is 35.5. The number of nitrogens with zero attached hydrogens (tertiary/aromatic N) is 5. The molecule has 0 bridgehead atoms. The van der Waals surface area contributed by atoms with E-state index in [9.17, 15) is 4.79 Å². The van der Waals surface area contributed by atoms with Gasteiger partial charge in [0.15, 0.2) is 0 Å². The Balaban J connectivity index is 1.43. The lowest BCUT2D eigenvalue weighted by molar-refractivity contribution is 0.0973. The number of rotatable bonds is 4. The molecule has 12 heteroatoms. The van der Waals surface area contributed by atoms with E-state index in [1.54, 1.807) is 25.2 Å². The second-order valence-corrected chi connectivity index (χ2v) is 9.21. The number of fused-ring (bicyclic) bond motifs is 1. The van der Waals surface area contributed by atoms with Crippen LogP contribution < -0.4 is 25.3 Å². The number of benzene rings is 2. The molecule has 5 rings (SSSR count). The molecule has 4 radical (unpaired) electrons. The average Bonchev–Trinajstić information content (AvgIpc) is 2.85. The number of piperazine rings is 1. The molecule has 174 valence electrons. The van der Waals surface area contributed by atoms with E-state index < -0.39 is 11.4 Å². The summed E-state index contributed by atoms with van der Waals surface area (Å²) in [6.07, 6.45) is 1.44. The molecule has 3 aromatic rings. The van der Waals surface area contributed by atoms with Crippen LogP contribution in [0.15, 0.2) is 48.7 Å². The van der Waals surface area contributed by atoms with E-state index in [2.05, 4.69) is 37.6 Å². The zero-order chi connectivity index (χ0) is 24.7. The first-order valence-electron chi connectivity index (χ1n) is 11.1. The van der Waals surface area contributed by atoms with E-state index in [1.807, 2.05) is 12.1 Å². The van der Waals surface area contributed by atoms with Crippen molar-refractivity contribution in [2.75, 3.05) is 53.2 Å². The van der Waals surface area contributed by atoms with E-state index in [-0.39, 0.29) is 27.1 Å². The highest BCUT2D eigenvalue weighted by molar-refractivity contribution is 6.49. The number of hydrogen-bond donors (Lipinski definition) is 2. The Morgan fingerprint density at radius 2 is 1.71 bits per heavy atom. The van der Waals surface area contributed by atoms with Gasteiger partial charge in [0.05, 0.1) is 15.7 Å². The number of carbonyl (C=O) groups is 1. The zero-order valence-corrected chi connectivity index (χ0v) is 20.5. The molecule has 2 aliphatic rings. The van der Waals surface area contributed by atoms with E-state index in [0.717, 1.165) is 42.5 Å². The zero-order valence-electron chi connectivity index (χ0n) is 19.0. The Labute approximate surface area is 216 Å². The third-order valence-electron chi connectivity index (χ3n) is 6.18. The van der Waals surface area contributed by atoms with Crippen molar-refractivity contribution in [1.29, 1.82) is 0 Å². The highest BCUT2D eigenvalue weighted by Gasteiger charge is 2.44. The van der Waals surface area contributed by atoms with Crippen LogP contribution in [-0.2, 0) is 0 Å². The number of anilines is 5. The molecule has 1 saturated heterocycles. The van der Waals surface area contributed by atoms with Gasteiger partial charge in [-0.05, 0) is 36.4 Å². The summed E-state index contributed by atoms with van der Waals surface area (Å²) >= 11 is 12.7. The smallest absolute Gasteiger partial charge is 0.264 e. The van der Waals surface area contributed by atoms with Crippen LogP contribution >= 0.6 is 23.2 Å². The maximum Gasteiger partial charge on any atom is 0.264 e. The molecule has 2 aliphatic heterocycles. The summed E-state index contributed by atoms with van der Waals surface area (Å²) in [7, 11) is 14.5. The normalized spacial score (nSPS) is 17.3. The van der Waals surface area contributed by atoms with Gasteiger partial charge in [0.2, 0.25) is 5.95 Å². The standard InChI is InChI=1S/C23H21B2Cl2N7O/c1-32-20-16(21(35)34(23(32,24)25)19-17(26)3-2-4-18(19)27)13-29-22(31-20)30-14-5-7-15(8-6-14)33-11-9-28-10-12-33/h2-8,13,28H,9-12H2,1H3,(H,29,30,31). The summed E-state index contributed by atoms with van der Waals surface area (Å²) in [5, 5.41) is 7.01. The minimum absolute atomic E-state index is 0.217. The second-order valence-electron chi connectivity index (χ2n) is 8.39. The summed E-state index contributed by atoms with van der Waals surface area (Å²) in [5.41, 5.74) is 0.618. The lowest BCUT2D eigenvalue weighted by atomic mass is 9.65. The first kappa shape index (κ1) is 23.8. The average molecular weight is 504 g/mol. The minimum Gasteiger partial charge on any atom is -0.369 e. The number of amides is 1. The summed E-state index contributed by atoms with van der Waals surface area (Å²) < 4.78 is 0. The molecular formula is C23H21B2Cl2N7O. The van der Waals surface area contributed by atoms with Gasteiger partial charge in [-0.3, -0.25) is 9.69 Å². The van der Waals surface area contributed by atoms with Crippen LogP contribution in [0.3, 0.4) is 0 Å². The predicted octanol–water partition coefficient (Wildman–Crippen LogP) is 2.98. The molecule has 0 unspecified atom stereocenters. The first-order chi connectivity index (χ1) is 16.8. The third kappa shape index (κ3) is 4.30. The quantitative estimate of drug-likeness (QED) is 0.530. The highest BCUT2D eigenvalue weighted by Crippen LogP contribution is 2.42. The molecule has 35 heavy (non-hydrogen) atoms. The summed E-state index contributed by atoms with van der Waals surface area (Å²) in [4.78, 5) is 27.3. The number of nitrogens with one attached hydrogen (secondary N) is 2. The van der Waals surface area contributed by atoms with Crippen molar-refractivity contribution in [1.82, 2.24) is 15.3 Å². The lowest BCUT2D eigenvalue weighted by Crippen LogP contribution is -2.66. The third-order valence-corrected chi connectivity index (χ3v) is 6.79.